The van der Waals surface area contributed by atoms with Crippen LogP contribution in [0.5, 0.6) is 0 Å². The Morgan fingerprint density at radius 1 is 1.53 bits per heavy atom. The highest BCUT2D eigenvalue weighted by molar-refractivity contribution is 6.31. The minimum absolute atomic E-state index is 0.0792. The van der Waals surface area contributed by atoms with Gasteiger partial charge in [0.1, 0.15) is 5.69 Å². The van der Waals surface area contributed by atoms with Crippen molar-refractivity contribution in [3.8, 4) is 0 Å². The SMILES string of the molecule is CC1CN(C)CCC1Nc1cc(Cl)ccc1[N+](=O)[O-]. The van der Waals surface area contributed by atoms with Crippen molar-refractivity contribution in [3.05, 3.63) is 33.3 Å². The minimum Gasteiger partial charge on any atom is -0.376 e. The van der Waals surface area contributed by atoms with E-state index < -0.39 is 0 Å². The van der Waals surface area contributed by atoms with Crippen LogP contribution < -0.4 is 5.32 Å². The van der Waals surface area contributed by atoms with Crippen molar-refractivity contribution in [2.24, 2.45) is 5.92 Å². The molecule has 104 valence electrons. The van der Waals surface area contributed by atoms with Gasteiger partial charge in [-0.15, -0.1) is 0 Å². The largest absolute Gasteiger partial charge is 0.376 e. The lowest BCUT2D eigenvalue weighted by Gasteiger charge is -2.35. The van der Waals surface area contributed by atoms with E-state index in [1.54, 1.807) is 12.1 Å². The fourth-order valence-corrected chi connectivity index (χ4v) is 2.72. The van der Waals surface area contributed by atoms with E-state index in [9.17, 15) is 10.1 Å². The van der Waals surface area contributed by atoms with Crippen molar-refractivity contribution in [3.63, 3.8) is 0 Å². The summed E-state index contributed by atoms with van der Waals surface area (Å²) in [6.07, 6.45) is 0.974. The summed E-state index contributed by atoms with van der Waals surface area (Å²) in [6, 6.07) is 4.87. The third-order valence-electron chi connectivity index (χ3n) is 3.60. The molecule has 0 aromatic heterocycles. The van der Waals surface area contributed by atoms with E-state index in [-0.39, 0.29) is 16.7 Å². The second-order valence-electron chi connectivity index (χ2n) is 5.20. The molecule has 0 amide bonds. The Morgan fingerprint density at radius 3 is 2.89 bits per heavy atom. The second-order valence-corrected chi connectivity index (χ2v) is 5.63. The zero-order valence-electron chi connectivity index (χ0n) is 11.1. The van der Waals surface area contributed by atoms with Crippen LogP contribution in [0, 0.1) is 16.0 Å². The van der Waals surface area contributed by atoms with Crippen LogP contribution in [0.25, 0.3) is 0 Å². The molecule has 1 aliphatic rings. The summed E-state index contributed by atoms with van der Waals surface area (Å²) in [6.45, 7) is 4.14. The number of anilines is 1. The van der Waals surface area contributed by atoms with Gasteiger partial charge in [-0.3, -0.25) is 10.1 Å². The number of hydrogen-bond acceptors (Lipinski definition) is 4. The number of nitro benzene ring substituents is 1. The molecule has 2 rings (SSSR count). The van der Waals surface area contributed by atoms with Crippen LogP contribution in [0.2, 0.25) is 5.02 Å². The Morgan fingerprint density at radius 2 is 2.26 bits per heavy atom. The van der Waals surface area contributed by atoms with Gasteiger partial charge in [-0.1, -0.05) is 18.5 Å². The molecule has 5 nitrogen and oxygen atoms in total. The number of nitrogens with zero attached hydrogens (tertiary/aromatic N) is 2. The maximum atomic E-state index is 11.0. The zero-order valence-corrected chi connectivity index (χ0v) is 11.9. The van der Waals surface area contributed by atoms with Crippen LogP contribution in [0.1, 0.15) is 13.3 Å². The summed E-state index contributed by atoms with van der Waals surface area (Å²) in [5.74, 6) is 0.442. The molecule has 6 heteroatoms. The highest BCUT2D eigenvalue weighted by atomic mass is 35.5. The average Bonchev–Trinajstić information content (AvgIpc) is 2.32. The van der Waals surface area contributed by atoms with Crippen molar-refractivity contribution in [1.29, 1.82) is 0 Å². The molecule has 1 saturated heterocycles. The normalized spacial score (nSPS) is 24.2. The van der Waals surface area contributed by atoms with Crippen LogP contribution in [0.3, 0.4) is 0 Å². The van der Waals surface area contributed by atoms with E-state index in [1.807, 2.05) is 0 Å². The Kier molecular flexibility index (Phi) is 4.27. The predicted octanol–water partition coefficient (Wildman–Crippen LogP) is 3.00. The highest BCUT2D eigenvalue weighted by Crippen LogP contribution is 2.30. The molecule has 19 heavy (non-hydrogen) atoms. The summed E-state index contributed by atoms with van der Waals surface area (Å²) in [5, 5.41) is 14.8. The smallest absolute Gasteiger partial charge is 0.292 e. The lowest BCUT2D eigenvalue weighted by molar-refractivity contribution is -0.384. The van der Waals surface area contributed by atoms with Gasteiger partial charge < -0.3 is 10.2 Å². The molecule has 2 unspecified atom stereocenters. The maximum Gasteiger partial charge on any atom is 0.292 e. The van der Waals surface area contributed by atoms with Crippen molar-refractivity contribution < 1.29 is 4.92 Å². The monoisotopic (exact) mass is 283 g/mol. The molecule has 0 saturated carbocycles. The highest BCUT2D eigenvalue weighted by Gasteiger charge is 2.26. The quantitative estimate of drug-likeness (QED) is 0.684. The molecule has 0 bridgehead atoms. The first-order valence-corrected chi connectivity index (χ1v) is 6.74. The maximum absolute atomic E-state index is 11.0. The molecule has 0 aliphatic carbocycles. The summed E-state index contributed by atoms with van der Waals surface area (Å²) >= 11 is 5.93. The van der Waals surface area contributed by atoms with E-state index >= 15 is 0 Å². The van der Waals surface area contributed by atoms with Gasteiger partial charge in [-0.2, -0.15) is 0 Å². The number of benzene rings is 1. The van der Waals surface area contributed by atoms with Crippen molar-refractivity contribution >= 4 is 23.0 Å². The number of rotatable bonds is 3. The van der Waals surface area contributed by atoms with E-state index in [4.69, 9.17) is 11.6 Å². The van der Waals surface area contributed by atoms with Crippen LogP contribution in [-0.2, 0) is 0 Å². The topological polar surface area (TPSA) is 58.4 Å². The molecule has 1 aliphatic heterocycles. The van der Waals surface area contributed by atoms with Gasteiger partial charge in [0.05, 0.1) is 4.92 Å². The van der Waals surface area contributed by atoms with Crippen LogP contribution >= 0.6 is 11.6 Å². The van der Waals surface area contributed by atoms with Gasteiger partial charge in [0, 0.05) is 23.7 Å². The van der Waals surface area contributed by atoms with Crippen LogP contribution in [0.15, 0.2) is 18.2 Å². The first kappa shape index (κ1) is 14.1. The van der Waals surface area contributed by atoms with Gasteiger partial charge in [0.15, 0.2) is 0 Å². The van der Waals surface area contributed by atoms with E-state index in [0.29, 0.717) is 16.6 Å². The van der Waals surface area contributed by atoms with Gasteiger partial charge in [-0.05, 0) is 38.1 Å². The first-order chi connectivity index (χ1) is 8.97. The molecule has 0 spiro atoms. The third-order valence-corrected chi connectivity index (χ3v) is 3.84. The molecular formula is C13H18ClN3O2. The lowest BCUT2D eigenvalue weighted by Crippen LogP contribution is -2.43. The molecule has 1 aromatic rings. The molecular weight excluding hydrogens is 266 g/mol. The average molecular weight is 284 g/mol. The summed E-state index contributed by atoms with van der Waals surface area (Å²) in [7, 11) is 2.09. The minimum atomic E-state index is -0.377. The summed E-state index contributed by atoms with van der Waals surface area (Å²) in [5.41, 5.74) is 0.592. The molecule has 1 fully saturated rings. The van der Waals surface area contributed by atoms with Crippen LogP contribution in [-0.4, -0.2) is 36.0 Å². The van der Waals surface area contributed by atoms with Gasteiger partial charge in [-0.25, -0.2) is 0 Å². The Bertz CT molecular complexity index is 481. The van der Waals surface area contributed by atoms with Crippen molar-refractivity contribution in [1.82, 2.24) is 4.90 Å². The fourth-order valence-electron chi connectivity index (χ4n) is 2.55. The molecule has 1 N–H and O–H groups in total. The Hall–Kier alpha value is -1.33. The number of nitrogens with one attached hydrogen (secondary N) is 1. The molecule has 2 atom stereocenters. The van der Waals surface area contributed by atoms with Gasteiger partial charge in [0.25, 0.3) is 5.69 Å². The lowest BCUT2D eigenvalue weighted by atomic mass is 9.94. The number of piperidine rings is 1. The number of halogens is 1. The predicted molar refractivity (Wildman–Crippen MR) is 76.8 cm³/mol. The number of nitro groups is 1. The fraction of sp³-hybridized carbons (Fsp3) is 0.538. The number of likely N-dealkylation sites (tertiary alicyclic amines) is 1. The van der Waals surface area contributed by atoms with E-state index in [1.165, 1.54) is 6.07 Å². The van der Waals surface area contributed by atoms with Crippen LogP contribution in [0.4, 0.5) is 11.4 Å². The summed E-state index contributed by atoms with van der Waals surface area (Å²) in [4.78, 5) is 12.9. The Labute approximate surface area is 117 Å². The molecule has 1 heterocycles. The molecule has 1 aromatic carbocycles. The van der Waals surface area contributed by atoms with Crippen molar-refractivity contribution in [2.75, 3.05) is 25.5 Å². The second kappa shape index (κ2) is 5.75. The Balaban J connectivity index is 2.18. The standard InChI is InChI=1S/C13H18ClN3O2/c1-9-8-16(2)6-5-11(9)15-12-7-10(14)3-4-13(12)17(18)19/h3-4,7,9,11,15H,5-6,8H2,1-2H3. The zero-order chi connectivity index (χ0) is 14.0. The third kappa shape index (κ3) is 3.36. The van der Waals surface area contributed by atoms with E-state index in [0.717, 1.165) is 19.5 Å². The van der Waals surface area contributed by atoms with Gasteiger partial charge in [0.2, 0.25) is 0 Å². The van der Waals surface area contributed by atoms with E-state index in [2.05, 4.69) is 24.2 Å². The summed E-state index contributed by atoms with van der Waals surface area (Å²) < 4.78 is 0. The van der Waals surface area contributed by atoms with Gasteiger partial charge >= 0.3 is 0 Å². The number of hydrogen-bond donors (Lipinski definition) is 1. The first-order valence-electron chi connectivity index (χ1n) is 6.36. The van der Waals surface area contributed by atoms with Crippen molar-refractivity contribution in [2.45, 2.75) is 19.4 Å². The molecule has 0 radical (unpaired) electrons.